The van der Waals surface area contributed by atoms with E-state index in [1.165, 1.54) is 19.1 Å². The molecule has 0 saturated heterocycles. The highest BCUT2D eigenvalue weighted by Crippen LogP contribution is 2.47. The summed E-state index contributed by atoms with van der Waals surface area (Å²) in [6, 6.07) is 14.2. The summed E-state index contributed by atoms with van der Waals surface area (Å²) in [6.45, 7) is 3.23. The number of hydrogen-bond donors (Lipinski definition) is 1. The van der Waals surface area contributed by atoms with Crippen LogP contribution in [0.1, 0.15) is 30.5 Å². The number of nitrogens with zero attached hydrogens (tertiary/aromatic N) is 1. The van der Waals surface area contributed by atoms with Crippen molar-refractivity contribution in [2.75, 3.05) is 6.61 Å². The zero-order valence-corrected chi connectivity index (χ0v) is 14.0. The first kappa shape index (κ1) is 16.9. The van der Waals surface area contributed by atoms with Crippen molar-refractivity contribution in [1.29, 1.82) is 0 Å². The zero-order chi connectivity index (χ0) is 18.2. The molecule has 0 fully saturated rings. The number of ether oxygens (including phenoxy) is 1. The minimum absolute atomic E-state index is 0.0239. The van der Waals surface area contributed by atoms with E-state index in [-0.39, 0.29) is 12.3 Å². The topological polar surface area (TPSA) is 95.5 Å². The van der Waals surface area contributed by atoms with E-state index in [1.54, 1.807) is 6.07 Å². The SMILES string of the molecule is CC(=O)OCC1=C(C)[C@@](N)(c2ccccc2)c2ccc([N+](=O)[O-])cc21. The summed E-state index contributed by atoms with van der Waals surface area (Å²) in [7, 11) is 0. The van der Waals surface area contributed by atoms with Gasteiger partial charge in [0.05, 0.1) is 10.5 Å². The van der Waals surface area contributed by atoms with Gasteiger partial charge in [-0.1, -0.05) is 30.3 Å². The third-order valence-electron chi connectivity index (χ3n) is 4.66. The van der Waals surface area contributed by atoms with Crippen molar-refractivity contribution in [2.24, 2.45) is 5.73 Å². The van der Waals surface area contributed by atoms with Gasteiger partial charge in [-0.15, -0.1) is 0 Å². The molecule has 1 aliphatic carbocycles. The number of non-ortho nitro benzene ring substituents is 1. The Morgan fingerprint density at radius 1 is 1.24 bits per heavy atom. The average Bonchev–Trinajstić information content (AvgIpc) is 2.82. The first-order valence-corrected chi connectivity index (χ1v) is 7.83. The summed E-state index contributed by atoms with van der Waals surface area (Å²) in [5, 5.41) is 11.2. The Bertz CT molecular complexity index is 890. The molecule has 1 aliphatic rings. The Balaban J connectivity index is 2.22. The first-order valence-electron chi connectivity index (χ1n) is 7.83. The number of esters is 1. The number of nitro benzene ring substituents is 1. The van der Waals surface area contributed by atoms with Crippen molar-refractivity contribution in [1.82, 2.24) is 0 Å². The lowest BCUT2D eigenvalue weighted by Crippen LogP contribution is -2.37. The maximum atomic E-state index is 11.2. The molecule has 3 rings (SSSR count). The van der Waals surface area contributed by atoms with Gasteiger partial charge < -0.3 is 10.5 Å². The van der Waals surface area contributed by atoms with Crippen LogP contribution in [0.15, 0.2) is 54.1 Å². The van der Waals surface area contributed by atoms with Crippen molar-refractivity contribution in [3.05, 3.63) is 80.9 Å². The number of carbonyl (C=O) groups excluding carboxylic acids is 1. The maximum absolute atomic E-state index is 11.2. The smallest absolute Gasteiger partial charge is 0.302 e. The minimum atomic E-state index is -0.915. The summed E-state index contributed by atoms with van der Waals surface area (Å²) in [6.07, 6.45) is 0. The van der Waals surface area contributed by atoms with Crippen LogP contribution in [0.2, 0.25) is 0 Å². The lowest BCUT2D eigenvalue weighted by atomic mass is 9.81. The van der Waals surface area contributed by atoms with Crippen LogP contribution in [-0.4, -0.2) is 17.5 Å². The zero-order valence-electron chi connectivity index (χ0n) is 14.0. The quantitative estimate of drug-likeness (QED) is 0.525. The van der Waals surface area contributed by atoms with Crippen LogP contribution in [0.25, 0.3) is 5.57 Å². The van der Waals surface area contributed by atoms with Crippen LogP contribution in [0, 0.1) is 10.1 Å². The second-order valence-corrected chi connectivity index (χ2v) is 6.04. The standard InChI is InChI=1S/C19H18N2O4/c1-12-17(11-25-13(2)22)16-10-15(21(23)24)8-9-18(16)19(12,20)14-6-4-3-5-7-14/h3-10H,11,20H2,1-2H3/t19-/m1/s1. The fraction of sp³-hybridized carbons (Fsp3) is 0.211. The van der Waals surface area contributed by atoms with E-state index in [2.05, 4.69) is 0 Å². The molecule has 6 nitrogen and oxygen atoms in total. The van der Waals surface area contributed by atoms with Crippen molar-refractivity contribution in [3.63, 3.8) is 0 Å². The molecular formula is C19H18N2O4. The van der Waals surface area contributed by atoms with Gasteiger partial charge in [0.25, 0.3) is 5.69 Å². The van der Waals surface area contributed by atoms with Crippen LogP contribution in [0.5, 0.6) is 0 Å². The average molecular weight is 338 g/mol. The Morgan fingerprint density at radius 2 is 1.92 bits per heavy atom. The Morgan fingerprint density at radius 3 is 2.52 bits per heavy atom. The summed E-state index contributed by atoms with van der Waals surface area (Å²) in [5.74, 6) is -0.415. The van der Waals surface area contributed by atoms with E-state index in [4.69, 9.17) is 10.5 Å². The van der Waals surface area contributed by atoms with Crippen molar-refractivity contribution in [3.8, 4) is 0 Å². The van der Waals surface area contributed by atoms with Gasteiger partial charge in [0.1, 0.15) is 6.61 Å². The number of carbonyl (C=O) groups is 1. The van der Waals surface area contributed by atoms with Gasteiger partial charge in [-0.2, -0.15) is 0 Å². The fourth-order valence-corrected chi connectivity index (χ4v) is 3.31. The second kappa shape index (κ2) is 6.14. The van der Waals surface area contributed by atoms with Crippen molar-refractivity contribution >= 4 is 17.2 Å². The van der Waals surface area contributed by atoms with Crippen molar-refractivity contribution in [2.45, 2.75) is 19.4 Å². The predicted octanol–water partition coefficient (Wildman–Crippen LogP) is 3.15. The highest BCUT2D eigenvalue weighted by molar-refractivity contribution is 5.84. The molecule has 2 N–H and O–H groups in total. The van der Waals surface area contributed by atoms with Crippen LogP contribution >= 0.6 is 0 Å². The lowest BCUT2D eigenvalue weighted by molar-refractivity contribution is -0.384. The molecule has 0 unspecified atom stereocenters. The predicted molar refractivity (Wildman–Crippen MR) is 93.7 cm³/mol. The number of benzene rings is 2. The number of hydrogen-bond acceptors (Lipinski definition) is 5. The fourth-order valence-electron chi connectivity index (χ4n) is 3.31. The normalized spacial score (nSPS) is 18.8. The molecule has 2 aromatic carbocycles. The number of rotatable bonds is 4. The molecule has 25 heavy (non-hydrogen) atoms. The first-order chi connectivity index (χ1) is 11.9. The summed E-state index contributed by atoms with van der Waals surface area (Å²) >= 11 is 0. The molecule has 2 aromatic rings. The van der Waals surface area contributed by atoms with E-state index in [9.17, 15) is 14.9 Å². The van der Waals surface area contributed by atoms with E-state index >= 15 is 0 Å². The molecule has 0 spiro atoms. The largest absolute Gasteiger partial charge is 0.461 e. The molecule has 0 bridgehead atoms. The van der Waals surface area contributed by atoms with E-state index in [0.717, 1.165) is 16.7 Å². The number of fused-ring (bicyclic) bond motifs is 1. The molecule has 0 radical (unpaired) electrons. The maximum Gasteiger partial charge on any atom is 0.302 e. The summed E-state index contributed by atoms with van der Waals surface area (Å²) in [4.78, 5) is 22.0. The lowest BCUT2D eigenvalue weighted by Gasteiger charge is -2.28. The van der Waals surface area contributed by atoms with E-state index < -0.39 is 16.4 Å². The van der Waals surface area contributed by atoms with Gasteiger partial charge in [-0.3, -0.25) is 14.9 Å². The Labute approximate surface area is 145 Å². The van der Waals surface area contributed by atoms with Crippen LogP contribution in [0.4, 0.5) is 5.69 Å². The van der Waals surface area contributed by atoms with Gasteiger partial charge in [0, 0.05) is 19.1 Å². The molecule has 0 saturated carbocycles. The van der Waals surface area contributed by atoms with Crippen LogP contribution < -0.4 is 5.73 Å². The van der Waals surface area contributed by atoms with E-state index in [0.29, 0.717) is 11.1 Å². The van der Waals surface area contributed by atoms with Crippen LogP contribution in [0.3, 0.4) is 0 Å². The molecule has 6 heteroatoms. The molecule has 128 valence electrons. The van der Waals surface area contributed by atoms with Crippen LogP contribution in [-0.2, 0) is 15.1 Å². The summed E-state index contributed by atoms with van der Waals surface area (Å²) in [5.41, 5.74) is 9.67. The Hall–Kier alpha value is -2.99. The van der Waals surface area contributed by atoms with Gasteiger partial charge in [-0.05, 0) is 40.8 Å². The van der Waals surface area contributed by atoms with E-state index in [1.807, 2.05) is 37.3 Å². The molecule has 0 aliphatic heterocycles. The highest BCUT2D eigenvalue weighted by atomic mass is 16.6. The molecular weight excluding hydrogens is 320 g/mol. The number of nitrogens with two attached hydrogens (primary N) is 1. The number of nitro groups is 1. The highest BCUT2D eigenvalue weighted by Gasteiger charge is 2.42. The van der Waals surface area contributed by atoms with Crippen molar-refractivity contribution < 1.29 is 14.5 Å². The van der Waals surface area contributed by atoms with Gasteiger partial charge in [0.2, 0.25) is 0 Å². The third kappa shape index (κ3) is 2.70. The molecule has 0 aromatic heterocycles. The molecule has 0 amide bonds. The summed E-state index contributed by atoms with van der Waals surface area (Å²) < 4.78 is 5.16. The van der Waals surface area contributed by atoms with Gasteiger partial charge in [-0.25, -0.2) is 0 Å². The second-order valence-electron chi connectivity index (χ2n) is 6.04. The molecule has 0 heterocycles. The Kier molecular flexibility index (Phi) is 4.14. The third-order valence-corrected chi connectivity index (χ3v) is 4.66. The monoisotopic (exact) mass is 338 g/mol. The van der Waals surface area contributed by atoms with Gasteiger partial charge in [0.15, 0.2) is 0 Å². The van der Waals surface area contributed by atoms with Gasteiger partial charge >= 0.3 is 5.97 Å². The minimum Gasteiger partial charge on any atom is -0.461 e. The molecule has 1 atom stereocenters.